The van der Waals surface area contributed by atoms with Crippen molar-refractivity contribution in [2.75, 3.05) is 7.11 Å². The lowest BCUT2D eigenvalue weighted by Crippen LogP contribution is -2.10. The van der Waals surface area contributed by atoms with Gasteiger partial charge in [0.05, 0.1) is 18.4 Å². The van der Waals surface area contributed by atoms with Gasteiger partial charge in [0.1, 0.15) is 11.8 Å². The third-order valence-electron chi connectivity index (χ3n) is 5.26. The predicted molar refractivity (Wildman–Crippen MR) is 108 cm³/mol. The molecule has 0 amide bonds. The predicted octanol–water partition coefficient (Wildman–Crippen LogP) is 5.48. The van der Waals surface area contributed by atoms with Crippen LogP contribution >= 0.6 is 0 Å². The van der Waals surface area contributed by atoms with Gasteiger partial charge >= 0.3 is 0 Å². The van der Waals surface area contributed by atoms with E-state index in [9.17, 15) is 5.26 Å². The molecule has 4 rings (SSSR count). The van der Waals surface area contributed by atoms with Gasteiger partial charge in [0.2, 0.25) is 0 Å². The lowest BCUT2D eigenvalue weighted by atomic mass is 9.85. The summed E-state index contributed by atoms with van der Waals surface area (Å²) >= 11 is 0. The first kappa shape index (κ1) is 17.3. The lowest BCUT2D eigenvalue weighted by molar-refractivity contribution is 0.415. The molecule has 0 aliphatic heterocycles. The van der Waals surface area contributed by atoms with Gasteiger partial charge in [-0.15, -0.1) is 0 Å². The molecule has 0 spiro atoms. The Labute approximate surface area is 160 Å². The Balaban J connectivity index is 2.00. The molecule has 0 bridgehead atoms. The number of pyridine rings is 1. The molecule has 1 aliphatic rings. The van der Waals surface area contributed by atoms with Crippen molar-refractivity contribution in [2.45, 2.75) is 32.6 Å². The molecule has 1 heterocycles. The number of fused-ring (bicyclic) bond motifs is 1. The SMILES string of the molecule is COc1ccc(-c2c(C#N)c(-c3cccc(C)c3)nc3c2CCCC3)cc1. The minimum absolute atomic E-state index is 0.673. The smallest absolute Gasteiger partial charge is 0.118 e. The highest BCUT2D eigenvalue weighted by molar-refractivity contribution is 5.83. The summed E-state index contributed by atoms with van der Waals surface area (Å²) in [7, 11) is 1.67. The van der Waals surface area contributed by atoms with Gasteiger partial charge in [-0.1, -0.05) is 35.9 Å². The summed E-state index contributed by atoms with van der Waals surface area (Å²) in [4.78, 5) is 4.97. The summed E-state index contributed by atoms with van der Waals surface area (Å²) in [5.41, 5.74) is 8.13. The van der Waals surface area contributed by atoms with Crippen LogP contribution in [0.4, 0.5) is 0 Å². The van der Waals surface area contributed by atoms with Crippen LogP contribution < -0.4 is 4.74 Å². The first-order chi connectivity index (χ1) is 13.2. The van der Waals surface area contributed by atoms with E-state index in [1.54, 1.807) is 7.11 Å². The van der Waals surface area contributed by atoms with Crippen molar-refractivity contribution in [3.8, 4) is 34.2 Å². The quantitative estimate of drug-likeness (QED) is 0.625. The topological polar surface area (TPSA) is 45.9 Å². The van der Waals surface area contributed by atoms with Crippen molar-refractivity contribution < 1.29 is 4.74 Å². The van der Waals surface area contributed by atoms with E-state index in [1.165, 1.54) is 11.1 Å². The second-order valence-corrected chi connectivity index (χ2v) is 7.05. The van der Waals surface area contributed by atoms with Crippen molar-refractivity contribution >= 4 is 0 Å². The number of benzene rings is 2. The molecule has 0 saturated heterocycles. The van der Waals surface area contributed by atoms with Crippen LogP contribution in [0.25, 0.3) is 22.4 Å². The van der Waals surface area contributed by atoms with Crippen LogP contribution in [0.5, 0.6) is 5.75 Å². The van der Waals surface area contributed by atoms with Crippen LogP contribution in [-0.4, -0.2) is 12.1 Å². The molecule has 1 aromatic heterocycles. The lowest BCUT2D eigenvalue weighted by Gasteiger charge is -2.22. The van der Waals surface area contributed by atoms with Gasteiger partial charge < -0.3 is 4.74 Å². The first-order valence-electron chi connectivity index (χ1n) is 9.38. The summed E-state index contributed by atoms with van der Waals surface area (Å²) in [5.74, 6) is 0.819. The van der Waals surface area contributed by atoms with E-state index in [0.29, 0.717) is 5.56 Å². The van der Waals surface area contributed by atoms with Gasteiger partial charge in [-0.05, 0) is 61.9 Å². The van der Waals surface area contributed by atoms with Gasteiger partial charge in [0.25, 0.3) is 0 Å². The van der Waals surface area contributed by atoms with Crippen LogP contribution in [0.2, 0.25) is 0 Å². The number of hydrogen-bond donors (Lipinski definition) is 0. The molecule has 0 N–H and O–H groups in total. The number of hydrogen-bond acceptors (Lipinski definition) is 3. The standard InChI is InChI=1S/C24H22N2O/c1-16-6-5-7-18(14-16)24-21(15-25)23(17-10-12-19(27-2)13-11-17)20-8-3-4-9-22(20)26-24/h5-7,10-14H,3-4,8-9H2,1-2H3. The fraction of sp³-hybridized carbons (Fsp3) is 0.250. The van der Waals surface area contributed by atoms with E-state index in [2.05, 4.69) is 25.1 Å². The zero-order valence-electron chi connectivity index (χ0n) is 15.7. The van der Waals surface area contributed by atoms with Crippen molar-refractivity contribution in [3.63, 3.8) is 0 Å². The first-order valence-corrected chi connectivity index (χ1v) is 9.38. The molecule has 0 unspecified atom stereocenters. The van der Waals surface area contributed by atoms with Crippen LogP contribution in [0.15, 0.2) is 48.5 Å². The Hall–Kier alpha value is -3.12. The van der Waals surface area contributed by atoms with Gasteiger partial charge in [-0.25, -0.2) is 0 Å². The Bertz CT molecular complexity index is 1030. The summed E-state index contributed by atoms with van der Waals surface area (Å²) in [6.45, 7) is 2.07. The van der Waals surface area contributed by atoms with Crippen molar-refractivity contribution in [2.24, 2.45) is 0 Å². The van der Waals surface area contributed by atoms with E-state index in [0.717, 1.165) is 59.5 Å². The minimum Gasteiger partial charge on any atom is -0.497 e. The van der Waals surface area contributed by atoms with Crippen LogP contribution in [0.3, 0.4) is 0 Å². The maximum Gasteiger partial charge on any atom is 0.118 e. The van der Waals surface area contributed by atoms with E-state index in [4.69, 9.17) is 9.72 Å². The minimum atomic E-state index is 0.673. The third kappa shape index (κ3) is 3.19. The van der Waals surface area contributed by atoms with Gasteiger partial charge in [0.15, 0.2) is 0 Å². The zero-order valence-corrected chi connectivity index (χ0v) is 15.7. The molecule has 0 fully saturated rings. The molecule has 3 nitrogen and oxygen atoms in total. The van der Waals surface area contributed by atoms with Crippen LogP contribution in [0, 0.1) is 18.3 Å². The Morgan fingerprint density at radius 1 is 1.00 bits per heavy atom. The molecule has 0 radical (unpaired) electrons. The molecule has 2 aromatic carbocycles. The highest BCUT2D eigenvalue weighted by Gasteiger charge is 2.23. The molecule has 1 aliphatic carbocycles. The number of rotatable bonds is 3. The Morgan fingerprint density at radius 2 is 1.78 bits per heavy atom. The highest BCUT2D eigenvalue weighted by atomic mass is 16.5. The number of nitrogens with zero attached hydrogens (tertiary/aromatic N) is 2. The molecule has 0 atom stereocenters. The van der Waals surface area contributed by atoms with Gasteiger partial charge in [-0.2, -0.15) is 5.26 Å². The maximum atomic E-state index is 10.1. The Morgan fingerprint density at radius 3 is 2.48 bits per heavy atom. The zero-order chi connectivity index (χ0) is 18.8. The highest BCUT2D eigenvalue weighted by Crippen LogP contribution is 2.38. The molecular weight excluding hydrogens is 332 g/mol. The monoisotopic (exact) mass is 354 g/mol. The maximum absolute atomic E-state index is 10.1. The van der Waals surface area contributed by atoms with Crippen molar-refractivity contribution in [3.05, 3.63) is 70.9 Å². The second-order valence-electron chi connectivity index (χ2n) is 7.05. The second kappa shape index (κ2) is 7.25. The number of nitriles is 1. The van der Waals surface area contributed by atoms with Gasteiger partial charge in [-0.3, -0.25) is 4.98 Å². The number of aromatic nitrogens is 1. The normalized spacial score (nSPS) is 12.9. The largest absolute Gasteiger partial charge is 0.497 e. The number of aryl methyl sites for hydroxylation is 2. The van der Waals surface area contributed by atoms with Gasteiger partial charge in [0, 0.05) is 16.8 Å². The van der Waals surface area contributed by atoms with Crippen LogP contribution in [-0.2, 0) is 12.8 Å². The Kier molecular flexibility index (Phi) is 4.64. The van der Waals surface area contributed by atoms with Crippen molar-refractivity contribution in [1.29, 1.82) is 5.26 Å². The van der Waals surface area contributed by atoms with E-state index < -0.39 is 0 Å². The fourth-order valence-corrected chi connectivity index (χ4v) is 3.93. The van der Waals surface area contributed by atoms with E-state index >= 15 is 0 Å². The average Bonchev–Trinajstić information content (AvgIpc) is 2.72. The van der Waals surface area contributed by atoms with E-state index in [1.807, 2.05) is 36.4 Å². The van der Waals surface area contributed by atoms with Crippen LogP contribution in [0.1, 0.15) is 35.2 Å². The average molecular weight is 354 g/mol. The summed E-state index contributed by atoms with van der Waals surface area (Å²) in [6, 6.07) is 18.7. The third-order valence-corrected chi connectivity index (χ3v) is 5.26. The molecule has 3 heteroatoms. The van der Waals surface area contributed by atoms with E-state index in [-0.39, 0.29) is 0 Å². The molecule has 134 valence electrons. The number of methoxy groups -OCH3 is 1. The van der Waals surface area contributed by atoms with Crippen molar-refractivity contribution in [1.82, 2.24) is 4.98 Å². The molecular formula is C24H22N2O. The fourth-order valence-electron chi connectivity index (χ4n) is 3.93. The summed E-state index contributed by atoms with van der Waals surface area (Å²) in [6.07, 6.45) is 4.25. The molecule has 3 aromatic rings. The summed E-state index contributed by atoms with van der Waals surface area (Å²) in [5, 5.41) is 10.1. The molecule has 0 saturated carbocycles. The number of ether oxygens (including phenoxy) is 1. The summed E-state index contributed by atoms with van der Waals surface area (Å²) < 4.78 is 5.30. The molecule has 27 heavy (non-hydrogen) atoms.